The maximum absolute atomic E-state index is 13.2. The number of aromatic nitrogens is 1. The fourth-order valence-corrected chi connectivity index (χ4v) is 5.23. The monoisotopic (exact) mass is 549 g/mol. The van der Waals surface area contributed by atoms with Crippen molar-refractivity contribution in [1.29, 1.82) is 0 Å². The Labute approximate surface area is 237 Å². The molecule has 7 heteroatoms. The van der Waals surface area contributed by atoms with Crippen molar-refractivity contribution in [2.24, 2.45) is 0 Å². The van der Waals surface area contributed by atoms with Gasteiger partial charge in [0.1, 0.15) is 11.4 Å². The van der Waals surface area contributed by atoms with Crippen LogP contribution in [0, 0.1) is 13.8 Å². The molecular weight excluding hydrogens is 510 g/mol. The van der Waals surface area contributed by atoms with E-state index in [0.717, 1.165) is 54.6 Å². The van der Waals surface area contributed by atoms with E-state index in [9.17, 15) is 9.90 Å². The number of carbonyl (C=O) groups excluding carboxylic acids is 1. The molecule has 1 amide bonds. The second-order valence-electron chi connectivity index (χ2n) is 10.6. The fraction of sp³-hybridized carbons (Fsp3) is 0.438. The lowest BCUT2D eigenvalue weighted by atomic mass is 9.93. The maximum Gasteiger partial charge on any atom is 0.270 e. The van der Waals surface area contributed by atoms with Crippen LogP contribution in [0.5, 0.6) is 5.75 Å². The van der Waals surface area contributed by atoms with Crippen LogP contribution in [-0.4, -0.2) is 59.8 Å². The van der Waals surface area contributed by atoms with Crippen LogP contribution < -0.4 is 10.1 Å². The summed E-state index contributed by atoms with van der Waals surface area (Å²) in [6, 6.07) is 15.9. The number of halogens is 1. The SMILES string of the molecule is CCN(C)CCCOc1cc(-c2nc(C(=O)NC3CCC(O)CC3)ccc2-c2ccc(C)cc2C)ccc1Cl. The number of hydrogen-bond donors (Lipinski definition) is 2. The molecule has 2 aromatic carbocycles. The normalized spacial score (nSPS) is 17.3. The highest BCUT2D eigenvalue weighted by Crippen LogP contribution is 2.37. The van der Waals surface area contributed by atoms with Crippen molar-refractivity contribution in [3.63, 3.8) is 0 Å². The number of nitrogens with one attached hydrogen (secondary N) is 1. The number of benzene rings is 2. The number of amides is 1. The lowest BCUT2D eigenvalue weighted by Gasteiger charge is -2.26. The summed E-state index contributed by atoms with van der Waals surface area (Å²) >= 11 is 6.51. The number of ether oxygens (including phenoxy) is 1. The smallest absolute Gasteiger partial charge is 0.270 e. The zero-order chi connectivity index (χ0) is 27.9. The van der Waals surface area contributed by atoms with Gasteiger partial charge in [0.2, 0.25) is 0 Å². The van der Waals surface area contributed by atoms with Crippen molar-refractivity contribution in [2.45, 2.75) is 65.0 Å². The molecule has 208 valence electrons. The van der Waals surface area contributed by atoms with Crippen molar-refractivity contribution in [2.75, 3.05) is 26.7 Å². The first-order valence-electron chi connectivity index (χ1n) is 13.9. The first-order chi connectivity index (χ1) is 18.7. The molecule has 4 rings (SSSR count). The molecule has 1 aliphatic rings. The first-order valence-corrected chi connectivity index (χ1v) is 14.3. The summed E-state index contributed by atoms with van der Waals surface area (Å²) in [5.74, 6) is 0.410. The topological polar surface area (TPSA) is 74.7 Å². The Hall–Kier alpha value is -2.93. The fourth-order valence-electron chi connectivity index (χ4n) is 5.05. The third-order valence-electron chi connectivity index (χ3n) is 7.52. The van der Waals surface area contributed by atoms with E-state index in [1.807, 2.05) is 24.3 Å². The second-order valence-corrected chi connectivity index (χ2v) is 11.0. The molecule has 0 unspecified atom stereocenters. The van der Waals surface area contributed by atoms with Gasteiger partial charge in [-0.05, 0) is 94.9 Å². The first kappa shape index (κ1) is 29.1. The number of rotatable bonds is 10. The summed E-state index contributed by atoms with van der Waals surface area (Å²) < 4.78 is 6.08. The molecule has 6 nitrogen and oxygen atoms in total. The van der Waals surface area contributed by atoms with Gasteiger partial charge in [0.05, 0.1) is 23.4 Å². The van der Waals surface area contributed by atoms with Gasteiger partial charge < -0.3 is 20.1 Å². The van der Waals surface area contributed by atoms with E-state index < -0.39 is 0 Å². The molecule has 1 aliphatic carbocycles. The Bertz CT molecular complexity index is 1290. The van der Waals surface area contributed by atoms with Crippen LogP contribution in [0.15, 0.2) is 48.5 Å². The lowest BCUT2D eigenvalue weighted by Crippen LogP contribution is -2.38. The molecule has 3 aromatic rings. The molecule has 0 spiro atoms. The van der Waals surface area contributed by atoms with Gasteiger partial charge in [0.15, 0.2) is 0 Å². The van der Waals surface area contributed by atoms with E-state index >= 15 is 0 Å². The van der Waals surface area contributed by atoms with Crippen molar-refractivity contribution >= 4 is 17.5 Å². The molecule has 0 aliphatic heterocycles. The second kappa shape index (κ2) is 13.4. The molecule has 0 radical (unpaired) electrons. The molecule has 0 bridgehead atoms. The number of aryl methyl sites for hydroxylation is 2. The van der Waals surface area contributed by atoms with E-state index in [1.165, 1.54) is 5.56 Å². The average molecular weight is 550 g/mol. The zero-order valence-electron chi connectivity index (χ0n) is 23.5. The highest BCUT2D eigenvalue weighted by Gasteiger charge is 2.23. The minimum Gasteiger partial charge on any atom is -0.492 e. The van der Waals surface area contributed by atoms with Gasteiger partial charge >= 0.3 is 0 Å². The molecule has 1 saturated carbocycles. The van der Waals surface area contributed by atoms with Gasteiger partial charge in [-0.15, -0.1) is 0 Å². The highest BCUT2D eigenvalue weighted by atomic mass is 35.5. The largest absolute Gasteiger partial charge is 0.492 e. The molecule has 0 atom stereocenters. The molecule has 1 heterocycles. The lowest BCUT2D eigenvalue weighted by molar-refractivity contribution is 0.0863. The van der Waals surface area contributed by atoms with Crippen molar-refractivity contribution < 1.29 is 14.6 Å². The molecule has 1 fully saturated rings. The summed E-state index contributed by atoms with van der Waals surface area (Å²) in [7, 11) is 2.09. The predicted molar refractivity (Wildman–Crippen MR) is 159 cm³/mol. The van der Waals surface area contributed by atoms with E-state index in [4.69, 9.17) is 21.3 Å². The number of hydrogen-bond acceptors (Lipinski definition) is 5. The van der Waals surface area contributed by atoms with Gasteiger partial charge in [-0.2, -0.15) is 0 Å². The van der Waals surface area contributed by atoms with Gasteiger partial charge in [0, 0.05) is 23.7 Å². The minimum absolute atomic E-state index is 0.0486. The minimum atomic E-state index is -0.270. The molecule has 39 heavy (non-hydrogen) atoms. The Morgan fingerprint density at radius 1 is 1.08 bits per heavy atom. The predicted octanol–water partition coefficient (Wildman–Crippen LogP) is 6.44. The quantitative estimate of drug-likeness (QED) is 0.285. The van der Waals surface area contributed by atoms with Crippen LogP contribution in [0.25, 0.3) is 22.4 Å². The Morgan fingerprint density at radius 3 is 2.54 bits per heavy atom. The van der Waals surface area contributed by atoms with Crippen LogP contribution in [0.1, 0.15) is 60.6 Å². The third-order valence-corrected chi connectivity index (χ3v) is 7.83. The summed E-state index contributed by atoms with van der Waals surface area (Å²) in [6.45, 7) is 8.81. The van der Waals surface area contributed by atoms with Gasteiger partial charge in [-0.25, -0.2) is 4.98 Å². The van der Waals surface area contributed by atoms with Crippen molar-refractivity contribution in [3.8, 4) is 28.1 Å². The number of aliphatic hydroxyl groups is 1. The molecule has 1 aromatic heterocycles. The van der Waals surface area contributed by atoms with Gasteiger partial charge in [-0.1, -0.05) is 48.4 Å². The van der Waals surface area contributed by atoms with Crippen molar-refractivity contribution in [3.05, 3.63) is 70.4 Å². The zero-order valence-corrected chi connectivity index (χ0v) is 24.2. The van der Waals surface area contributed by atoms with Crippen LogP contribution in [0.2, 0.25) is 5.02 Å². The molecule has 0 saturated heterocycles. The summed E-state index contributed by atoms with van der Waals surface area (Å²) in [5, 5.41) is 13.5. The maximum atomic E-state index is 13.2. The number of pyridine rings is 1. The highest BCUT2D eigenvalue weighted by molar-refractivity contribution is 6.32. The van der Waals surface area contributed by atoms with E-state index in [-0.39, 0.29) is 18.1 Å². The van der Waals surface area contributed by atoms with E-state index in [1.54, 1.807) is 6.07 Å². The van der Waals surface area contributed by atoms with Crippen molar-refractivity contribution in [1.82, 2.24) is 15.2 Å². The van der Waals surface area contributed by atoms with E-state index in [0.29, 0.717) is 41.6 Å². The number of aliphatic hydroxyl groups excluding tert-OH is 1. The van der Waals surface area contributed by atoms with Gasteiger partial charge in [0.25, 0.3) is 5.91 Å². The van der Waals surface area contributed by atoms with Crippen LogP contribution >= 0.6 is 11.6 Å². The number of nitrogens with zero attached hydrogens (tertiary/aromatic N) is 2. The number of carbonyl (C=O) groups is 1. The average Bonchev–Trinajstić information content (AvgIpc) is 2.93. The Balaban J connectivity index is 1.66. The van der Waals surface area contributed by atoms with E-state index in [2.05, 4.69) is 56.2 Å². The molecule has 2 N–H and O–H groups in total. The van der Waals surface area contributed by atoms with Gasteiger partial charge in [-0.3, -0.25) is 4.79 Å². The third kappa shape index (κ3) is 7.59. The summed E-state index contributed by atoms with van der Waals surface area (Å²) in [4.78, 5) is 20.4. The molecular formula is C32H40ClN3O3. The summed E-state index contributed by atoms with van der Waals surface area (Å²) in [5.41, 5.74) is 6.26. The van der Waals surface area contributed by atoms with Crippen LogP contribution in [0.3, 0.4) is 0 Å². The van der Waals surface area contributed by atoms with Crippen LogP contribution in [-0.2, 0) is 0 Å². The Morgan fingerprint density at radius 2 is 1.82 bits per heavy atom. The van der Waals surface area contributed by atoms with Crippen LogP contribution in [0.4, 0.5) is 0 Å². The summed E-state index contributed by atoms with van der Waals surface area (Å²) in [6.07, 6.45) is 3.58. The Kier molecular flexibility index (Phi) is 10.0. The standard InChI is InChI=1S/C32H40ClN3O3/c1-5-36(4)17-6-18-39-30-20-23(8-15-28(30)33)31-27(26-13-7-21(2)19-22(26)3)14-16-29(35-31)32(38)34-24-9-11-25(37)12-10-24/h7-8,13-16,19-20,24-25,37H,5-6,9-12,17-18H2,1-4H3,(H,34,38).